The third-order valence-electron chi connectivity index (χ3n) is 3.23. The molecule has 96 valence electrons. The second-order valence-corrected chi connectivity index (χ2v) is 5.49. The number of hydrogen-bond acceptors (Lipinski definition) is 3. The van der Waals surface area contributed by atoms with Crippen LogP contribution in [0.5, 0.6) is 0 Å². The highest BCUT2D eigenvalue weighted by atomic mass is 79.9. The standard InChI is InChI=1S/C15H12BrNO2/c16-10-3-6-12-13(8-10)15(18)19-14(12)7-9-1-4-11(17)5-2-9/h1-6,8,14H,7,17H2. The Morgan fingerprint density at radius 1 is 1.16 bits per heavy atom. The molecule has 0 aliphatic carbocycles. The number of carbonyl (C=O) groups is 1. The second kappa shape index (κ2) is 4.70. The van der Waals surface area contributed by atoms with Crippen LogP contribution in [0.3, 0.4) is 0 Å². The van der Waals surface area contributed by atoms with Gasteiger partial charge in [0.25, 0.3) is 0 Å². The van der Waals surface area contributed by atoms with E-state index in [0.717, 1.165) is 21.3 Å². The van der Waals surface area contributed by atoms with Crippen molar-refractivity contribution in [3.05, 3.63) is 63.6 Å². The van der Waals surface area contributed by atoms with Crippen LogP contribution in [0.25, 0.3) is 0 Å². The average molecular weight is 318 g/mol. The van der Waals surface area contributed by atoms with Crippen molar-refractivity contribution in [2.24, 2.45) is 0 Å². The van der Waals surface area contributed by atoms with Crippen molar-refractivity contribution in [1.82, 2.24) is 0 Å². The Morgan fingerprint density at radius 2 is 1.89 bits per heavy atom. The van der Waals surface area contributed by atoms with Gasteiger partial charge in [-0.1, -0.05) is 34.1 Å². The number of esters is 1. The summed E-state index contributed by atoms with van der Waals surface area (Å²) in [7, 11) is 0. The summed E-state index contributed by atoms with van der Waals surface area (Å²) in [4.78, 5) is 11.8. The maximum atomic E-state index is 11.8. The normalized spacial score (nSPS) is 17.1. The Kier molecular flexibility index (Phi) is 3.03. The van der Waals surface area contributed by atoms with E-state index in [1.807, 2.05) is 36.4 Å². The maximum absolute atomic E-state index is 11.8. The first-order chi connectivity index (χ1) is 9.13. The molecule has 2 N–H and O–H groups in total. The summed E-state index contributed by atoms with van der Waals surface area (Å²) in [5.74, 6) is -0.253. The Hall–Kier alpha value is -1.81. The molecule has 2 aromatic carbocycles. The van der Waals surface area contributed by atoms with Gasteiger partial charge in [-0.25, -0.2) is 4.79 Å². The van der Waals surface area contributed by atoms with Crippen LogP contribution in [0.4, 0.5) is 5.69 Å². The van der Waals surface area contributed by atoms with Crippen molar-refractivity contribution in [2.75, 3.05) is 5.73 Å². The van der Waals surface area contributed by atoms with Gasteiger partial charge in [0.05, 0.1) is 5.56 Å². The van der Waals surface area contributed by atoms with E-state index in [1.54, 1.807) is 6.07 Å². The van der Waals surface area contributed by atoms with Gasteiger partial charge in [0.15, 0.2) is 0 Å². The third kappa shape index (κ3) is 2.36. The van der Waals surface area contributed by atoms with Crippen LogP contribution in [-0.2, 0) is 11.2 Å². The first kappa shape index (κ1) is 12.2. The zero-order chi connectivity index (χ0) is 13.4. The summed E-state index contributed by atoms with van der Waals surface area (Å²) in [6.07, 6.45) is 0.458. The molecule has 0 amide bonds. The lowest BCUT2D eigenvalue weighted by atomic mass is 9.99. The molecule has 0 radical (unpaired) electrons. The number of nitrogen functional groups attached to an aromatic ring is 1. The van der Waals surface area contributed by atoms with E-state index in [2.05, 4.69) is 15.9 Å². The summed E-state index contributed by atoms with van der Waals surface area (Å²) in [6, 6.07) is 13.3. The SMILES string of the molecule is Nc1ccc(CC2OC(=O)c3cc(Br)ccc32)cc1. The number of halogens is 1. The largest absolute Gasteiger partial charge is 0.454 e. The fourth-order valence-electron chi connectivity index (χ4n) is 2.26. The minimum absolute atomic E-state index is 0.209. The molecule has 4 heteroatoms. The molecule has 2 aromatic rings. The topological polar surface area (TPSA) is 52.3 Å². The van der Waals surface area contributed by atoms with Gasteiger partial charge in [-0.15, -0.1) is 0 Å². The molecule has 3 rings (SSSR count). The number of benzene rings is 2. The molecule has 0 bridgehead atoms. The lowest BCUT2D eigenvalue weighted by Gasteiger charge is -2.10. The van der Waals surface area contributed by atoms with Crippen LogP contribution in [0.1, 0.15) is 27.6 Å². The Balaban J connectivity index is 1.89. The number of anilines is 1. The van der Waals surface area contributed by atoms with E-state index in [9.17, 15) is 4.79 Å². The summed E-state index contributed by atoms with van der Waals surface area (Å²) < 4.78 is 6.32. The molecule has 19 heavy (non-hydrogen) atoms. The zero-order valence-electron chi connectivity index (χ0n) is 10.1. The molecule has 3 nitrogen and oxygen atoms in total. The van der Waals surface area contributed by atoms with Gasteiger partial charge in [0, 0.05) is 22.1 Å². The lowest BCUT2D eigenvalue weighted by molar-refractivity contribution is 0.0387. The smallest absolute Gasteiger partial charge is 0.339 e. The highest BCUT2D eigenvalue weighted by Gasteiger charge is 2.30. The van der Waals surface area contributed by atoms with Crippen LogP contribution < -0.4 is 5.73 Å². The quantitative estimate of drug-likeness (QED) is 0.681. The van der Waals surface area contributed by atoms with Crippen LogP contribution in [0.2, 0.25) is 0 Å². The van der Waals surface area contributed by atoms with Crippen molar-refractivity contribution < 1.29 is 9.53 Å². The molecule has 0 saturated carbocycles. The molecule has 0 aromatic heterocycles. The highest BCUT2D eigenvalue weighted by molar-refractivity contribution is 9.10. The first-order valence-electron chi connectivity index (χ1n) is 5.98. The number of nitrogens with two attached hydrogens (primary N) is 1. The van der Waals surface area contributed by atoms with E-state index >= 15 is 0 Å². The number of hydrogen-bond donors (Lipinski definition) is 1. The highest BCUT2D eigenvalue weighted by Crippen LogP contribution is 2.34. The van der Waals surface area contributed by atoms with Crippen molar-refractivity contribution in [3.8, 4) is 0 Å². The molecular formula is C15H12BrNO2. The molecule has 1 aliphatic heterocycles. The first-order valence-corrected chi connectivity index (χ1v) is 6.77. The van der Waals surface area contributed by atoms with Crippen molar-refractivity contribution in [3.63, 3.8) is 0 Å². The molecule has 0 saturated heterocycles. The minimum Gasteiger partial charge on any atom is -0.454 e. The number of fused-ring (bicyclic) bond motifs is 1. The molecule has 1 heterocycles. The predicted octanol–water partition coefficient (Wildman–Crippen LogP) is 3.49. The van der Waals surface area contributed by atoms with Gasteiger partial charge < -0.3 is 10.5 Å². The fourth-order valence-corrected chi connectivity index (χ4v) is 2.62. The third-order valence-corrected chi connectivity index (χ3v) is 3.73. The minimum atomic E-state index is -0.253. The monoisotopic (exact) mass is 317 g/mol. The van der Waals surface area contributed by atoms with Gasteiger partial charge in [-0.2, -0.15) is 0 Å². The molecule has 1 aliphatic rings. The Labute approximate surface area is 119 Å². The summed E-state index contributed by atoms with van der Waals surface area (Å²) in [6.45, 7) is 0. The van der Waals surface area contributed by atoms with E-state index in [4.69, 9.17) is 10.5 Å². The van der Waals surface area contributed by atoms with Gasteiger partial charge >= 0.3 is 5.97 Å². The summed E-state index contributed by atoms with van der Waals surface area (Å²) in [5.41, 5.74) is 9.09. The number of rotatable bonds is 2. The summed E-state index contributed by atoms with van der Waals surface area (Å²) >= 11 is 3.37. The molecule has 0 fully saturated rings. The molecular weight excluding hydrogens is 306 g/mol. The zero-order valence-corrected chi connectivity index (χ0v) is 11.7. The number of ether oxygens (including phenoxy) is 1. The number of carbonyl (C=O) groups excluding carboxylic acids is 1. The Bertz CT molecular complexity index is 637. The van der Waals surface area contributed by atoms with E-state index in [1.165, 1.54) is 0 Å². The maximum Gasteiger partial charge on any atom is 0.339 e. The molecule has 1 atom stereocenters. The van der Waals surface area contributed by atoms with Gasteiger partial charge in [0.2, 0.25) is 0 Å². The molecule has 0 spiro atoms. The van der Waals surface area contributed by atoms with Crippen LogP contribution in [-0.4, -0.2) is 5.97 Å². The van der Waals surface area contributed by atoms with E-state index in [-0.39, 0.29) is 12.1 Å². The van der Waals surface area contributed by atoms with Crippen LogP contribution in [0, 0.1) is 0 Å². The predicted molar refractivity (Wildman–Crippen MR) is 76.9 cm³/mol. The van der Waals surface area contributed by atoms with Gasteiger partial charge in [-0.3, -0.25) is 0 Å². The van der Waals surface area contributed by atoms with Crippen LogP contribution >= 0.6 is 15.9 Å². The Morgan fingerprint density at radius 3 is 2.63 bits per heavy atom. The van der Waals surface area contributed by atoms with E-state index < -0.39 is 0 Å². The summed E-state index contributed by atoms with van der Waals surface area (Å²) in [5, 5.41) is 0. The van der Waals surface area contributed by atoms with E-state index in [0.29, 0.717) is 12.0 Å². The van der Waals surface area contributed by atoms with Crippen LogP contribution in [0.15, 0.2) is 46.9 Å². The van der Waals surface area contributed by atoms with Crippen molar-refractivity contribution in [1.29, 1.82) is 0 Å². The second-order valence-electron chi connectivity index (χ2n) is 4.57. The molecule has 1 unspecified atom stereocenters. The fraction of sp³-hybridized carbons (Fsp3) is 0.133. The van der Waals surface area contributed by atoms with Gasteiger partial charge in [-0.05, 0) is 29.8 Å². The average Bonchev–Trinajstić information content (AvgIpc) is 2.69. The van der Waals surface area contributed by atoms with Gasteiger partial charge in [0.1, 0.15) is 6.10 Å². The van der Waals surface area contributed by atoms with Crippen molar-refractivity contribution in [2.45, 2.75) is 12.5 Å². The van der Waals surface area contributed by atoms with Crippen molar-refractivity contribution >= 4 is 27.6 Å². The lowest BCUT2D eigenvalue weighted by Crippen LogP contribution is -2.02. The number of cyclic esters (lactones) is 1.